The van der Waals surface area contributed by atoms with Crippen molar-refractivity contribution in [3.8, 4) is 0 Å². The van der Waals surface area contributed by atoms with Crippen molar-refractivity contribution in [3.05, 3.63) is 35.5 Å². The smallest absolute Gasteiger partial charge is 0.222 e. The van der Waals surface area contributed by atoms with Gasteiger partial charge in [-0.15, -0.1) is 0 Å². The minimum atomic E-state index is -0.310. The molecule has 1 aliphatic rings. The first kappa shape index (κ1) is 16.8. The number of carbonyl (C=O) groups excluding carboxylic acids is 2. The number of aryl methyl sites for hydroxylation is 1. The SMILES string of the molecule is NC(=O)[C@H]1CCC[C@@H]1NC(=O)CCCn1ccc2cc(Cl)ccc21. The number of hydrogen-bond acceptors (Lipinski definition) is 2. The molecule has 5 nitrogen and oxygen atoms in total. The van der Waals surface area contributed by atoms with Gasteiger partial charge in [-0.3, -0.25) is 9.59 Å². The number of aromatic nitrogens is 1. The standard InChI is InChI=1S/C18H22ClN3O2/c19-13-6-7-16-12(11-13)8-10-22(16)9-2-5-17(23)21-15-4-1-3-14(15)18(20)24/h6-8,10-11,14-15H,1-5,9H2,(H2,20,24)(H,21,23)/t14-,15-/m0/s1. The molecule has 128 valence electrons. The normalized spacial score (nSPS) is 20.4. The molecule has 0 bridgehead atoms. The fourth-order valence-corrected chi connectivity index (χ4v) is 3.71. The van der Waals surface area contributed by atoms with Crippen molar-refractivity contribution in [2.45, 2.75) is 44.7 Å². The van der Waals surface area contributed by atoms with E-state index in [1.54, 1.807) is 0 Å². The van der Waals surface area contributed by atoms with Crippen molar-refractivity contribution in [1.82, 2.24) is 9.88 Å². The van der Waals surface area contributed by atoms with E-state index in [2.05, 4.69) is 9.88 Å². The van der Waals surface area contributed by atoms with Crippen LogP contribution in [0.5, 0.6) is 0 Å². The molecular formula is C18H22ClN3O2. The molecular weight excluding hydrogens is 326 g/mol. The van der Waals surface area contributed by atoms with Gasteiger partial charge >= 0.3 is 0 Å². The van der Waals surface area contributed by atoms with E-state index in [-0.39, 0.29) is 23.8 Å². The highest BCUT2D eigenvalue weighted by molar-refractivity contribution is 6.31. The molecule has 1 saturated carbocycles. The van der Waals surface area contributed by atoms with Gasteiger partial charge in [0.2, 0.25) is 11.8 Å². The highest BCUT2D eigenvalue weighted by atomic mass is 35.5. The summed E-state index contributed by atoms with van der Waals surface area (Å²) in [7, 11) is 0. The van der Waals surface area contributed by atoms with Crippen LogP contribution in [0.4, 0.5) is 0 Å². The summed E-state index contributed by atoms with van der Waals surface area (Å²) in [5, 5.41) is 4.79. The predicted molar refractivity (Wildman–Crippen MR) is 94.6 cm³/mol. The first-order valence-corrected chi connectivity index (χ1v) is 8.75. The zero-order valence-electron chi connectivity index (χ0n) is 13.5. The molecule has 1 aromatic heterocycles. The van der Waals surface area contributed by atoms with Crippen LogP contribution in [0.25, 0.3) is 10.9 Å². The van der Waals surface area contributed by atoms with Crippen molar-refractivity contribution in [2.75, 3.05) is 0 Å². The van der Waals surface area contributed by atoms with Crippen molar-refractivity contribution in [2.24, 2.45) is 11.7 Å². The van der Waals surface area contributed by atoms with E-state index in [1.807, 2.05) is 30.5 Å². The van der Waals surface area contributed by atoms with Gasteiger partial charge in [-0.05, 0) is 43.5 Å². The fourth-order valence-electron chi connectivity index (χ4n) is 3.53. The third-order valence-corrected chi connectivity index (χ3v) is 5.00. The lowest BCUT2D eigenvalue weighted by Crippen LogP contribution is -2.42. The summed E-state index contributed by atoms with van der Waals surface area (Å²) in [6.45, 7) is 0.766. The maximum Gasteiger partial charge on any atom is 0.222 e. The zero-order valence-corrected chi connectivity index (χ0v) is 14.3. The number of nitrogens with one attached hydrogen (secondary N) is 1. The molecule has 2 atom stereocenters. The number of carbonyl (C=O) groups is 2. The zero-order chi connectivity index (χ0) is 17.1. The molecule has 3 N–H and O–H groups in total. The van der Waals surface area contributed by atoms with Crippen molar-refractivity contribution >= 4 is 34.3 Å². The van der Waals surface area contributed by atoms with Crippen LogP contribution in [0.15, 0.2) is 30.5 Å². The highest BCUT2D eigenvalue weighted by Crippen LogP contribution is 2.25. The maximum atomic E-state index is 12.1. The van der Waals surface area contributed by atoms with Crippen LogP contribution in [-0.2, 0) is 16.1 Å². The highest BCUT2D eigenvalue weighted by Gasteiger charge is 2.32. The number of hydrogen-bond donors (Lipinski definition) is 2. The van der Waals surface area contributed by atoms with Gasteiger partial charge in [0.05, 0.1) is 5.92 Å². The van der Waals surface area contributed by atoms with E-state index < -0.39 is 0 Å². The minimum absolute atomic E-state index is 0.00680. The van der Waals surface area contributed by atoms with Crippen molar-refractivity contribution in [3.63, 3.8) is 0 Å². The Morgan fingerprint density at radius 2 is 2.12 bits per heavy atom. The summed E-state index contributed by atoms with van der Waals surface area (Å²) in [6, 6.07) is 7.73. The van der Waals surface area contributed by atoms with Crippen LogP contribution in [-0.4, -0.2) is 22.4 Å². The number of benzene rings is 1. The molecule has 1 fully saturated rings. The Morgan fingerprint density at radius 3 is 2.92 bits per heavy atom. The largest absolute Gasteiger partial charge is 0.369 e. The lowest BCUT2D eigenvalue weighted by molar-refractivity contribution is -0.124. The number of nitrogens with two attached hydrogens (primary N) is 1. The van der Waals surface area contributed by atoms with Gasteiger partial charge in [0.1, 0.15) is 0 Å². The lowest BCUT2D eigenvalue weighted by Gasteiger charge is -2.18. The molecule has 2 aromatic rings. The van der Waals surface area contributed by atoms with Crippen LogP contribution in [0.3, 0.4) is 0 Å². The van der Waals surface area contributed by atoms with E-state index in [1.165, 1.54) is 0 Å². The van der Waals surface area contributed by atoms with Gasteiger partial charge in [-0.1, -0.05) is 18.0 Å². The van der Waals surface area contributed by atoms with Crippen molar-refractivity contribution in [1.29, 1.82) is 0 Å². The minimum Gasteiger partial charge on any atom is -0.369 e. The number of amides is 2. The first-order chi connectivity index (χ1) is 11.5. The molecule has 0 aliphatic heterocycles. The number of nitrogens with zero attached hydrogens (tertiary/aromatic N) is 1. The second-order valence-electron chi connectivity index (χ2n) is 6.43. The number of rotatable bonds is 6. The van der Waals surface area contributed by atoms with Gasteiger partial charge in [0.25, 0.3) is 0 Å². The third kappa shape index (κ3) is 3.73. The Hall–Kier alpha value is -2.01. The predicted octanol–water partition coefficient (Wildman–Crippen LogP) is 2.85. The number of halogens is 1. The molecule has 0 radical (unpaired) electrons. The van der Waals surface area contributed by atoms with Gasteiger partial charge in [-0.2, -0.15) is 0 Å². The Kier molecular flexibility index (Phi) is 5.09. The maximum absolute atomic E-state index is 12.1. The topological polar surface area (TPSA) is 77.1 Å². The summed E-state index contributed by atoms with van der Waals surface area (Å²) in [5.74, 6) is -0.532. The van der Waals surface area contributed by atoms with Crippen LogP contribution < -0.4 is 11.1 Å². The monoisotopic (exact) mass is 347 g/mol. The van der Waals surface area contributed by atoms with E-state index in [0.717, 1.165) is 48.2 Å². The molecule has 2 amide bonds. The Balaban J connectivity index is 1.50. The Bertz CT molecular complexity index is 756. The summed E-state index contributed by atoms with van der Waals surface area (Å²) >= 11 is 5.99. The molecule has 3 rings (SSSR count). The number of primary amides is 1. The van der Waals surface area contributed by atoms with E-state index in [4.69, 9.17) is 17.3 Å². The molecule has 1 heterocycles. The van der Waals surface area contributed by atoms with Crippen molar-refractivity contribution < 1.29 is 9.59 Å². The van der Waals surface area contributed by atoms with Gasteiger partial charge in [0, 0.05) is 41.1 Å². The van der Waals surface area contributed by atoms with Gasteiger partial charge < -0.3 is 15.6 Å². The summed E-state index contributed by atoms with van der Waals surface area (Å²) in [4.78, 5) is 23.5. The van der Waals surface area contributed by atoms with Gasteiger partial charge in [-0.25, -0.2) is 0 Å². The molecule has 1 aliphatic carbocycles. The Morgan fingerprint density at radius 1 is 1.29 bits per heavy atom. The summed E-state index contributed by atoms with van der Waals surface area (Å²) < 4.78 is 2.13. The second-order valence-corrected chi connectivity index (χ2v) is 6.87. The first-order valence-electron chi connectivity index (χ1n) is 8.37. The van der Waals surface area contributed by atoms with Crippen LogP contribution in [0.2, 0.25) is 5.02 Å². The van der Waals surface area contributed by atoms with Crippen LogP contribution in [0.1, 0.15) is 32.1 Å². The lowest BCUT2D eigenvalue weighted by atomic mass is 10.0. The molecule has 0 saturated heterocycles. The van der Waals surface area contributed by atoms with E-state index in [9.17, 15) is 9.59 Å². The average molecular weight is 348 g/mol. The fraction of sp³-hybridized carbons (Fsp3) is 0.444. The van der Waals surface area contributed by atoms with E-state index in [0.29, 0.717) is 6.42 Å². The molecule has 24 heavy (non-hydrogen) atoms. The van der Waals surface area contributed by atoms with E-state index >= 15 is 0 Å². The molecule has 6 heteroatoms. The third-order valence-electron chi connectivity index (χ3n) is 4.76. The Labute approximate surface area is 146 Å². The summed E-state index contributed by atoms with van der Waals surface area (Å²) in [6.07, 6.45) is 5.75. The molecule has 0 unspecified atom stereocenters. The average Bonchev–Trinajstić information content (AvgIpc) is 3.14. The quantitative estimate of drug-likeness (QED) is 0.842. The van der Waals surface area contributed by atoms with Gasteiger partial charge in [0.15, 0.2) is 0 Å². The summed E-state index contributed by atoms with van der Waals surface area (Å²) in [5.41, 5.74) is 6.50. The molecule has 0 spiro atoms. The molecule has 1 aromatic carbocycles. The second kappa shape index (κ2) is 7.26. The van der Waals surface area contributed by atoms with Crippen LogP contribution >= 0.6 is 11.6 Å². The number of fused-ring (bicyclic) bond motifs is 1. The van der Waals surface area contributed by atoms with Crippen LogP contribution in [0, 0.1) is 5.92 Å².